The molecule has 1 saturated heterocycles. The van der Waals surface area contributed by atoms with E-state index in [0.717, 1.165) is 25.1 Å². The molecule has 1 aliphatic heterocycles. The molecule has 19 heavy (non-hydrogen) atoms. The number of nitrogens with two attached hydrogens (primary N) is 1. The second-order valence-electron chi connectivity index (χ2n) is 6.43. The van der Waals surface area contributed by atoms with Crippen LogP contribution in [-0.4, -0.2) is 17.4 Å². The molecule has 1 aliphatic rings. The Hall–Kier alpha value is -1.51. The number of hydrogen-bond donors (Lipinski definition) is 1. The first-order chi connectivity index (χ1) is 8.89. The summed E-state index contributed by atoms with van der Waals surface area (Å²) in [7, 11) is 0. The molecule has 2 N–H and O–H groups in total. The third kappa shape index (κ3) is 3.09. The number of piperidine rings is 1. The maximum Gasteiger partial charge on any atom is 0.228 e. The zero-order chi connectivity index (χ0) is 14.0. The van der Waals surface area contributed by atoms with Crippen LogP contribution in [0.3, 0.4) is 0 Å². The molecule has 1 aromatic rings. The van der Waals surface area contributed by atoms with E-state index in [9.17, 15) is 4.79 Å². The summed E-state index contributed by atoms with van der Waals surface area (Å²) >= 11 is 0. The Balaban J connectivity index is 2.26. The Bertz CT molecular complexity index is 445. The number of hydrogen-bond acceptors (Lipinski definition) is 2. The molecular formula is C16H24N2O. The van der Waals surface area contributed by atoms with Gasteiger partial charge in [0.05, 0.1) is 6.04 Å². The van der Waals surface area contributed by atoms with Crippen molar-refractivity contribution in [2.24, 2.45) is 5.41 Å². The Morgan fingerprint density at radius 1 is 1.21 bits per heavy atom. The summed E-state index contributed by atoms with van der Waals surface area (Å²) in [5.41, 5.74) is 7.40. The summed E-state index contributed by atoms with van der Waals surface area (Å²) in [4.78, 5) is 14.6. The van der Waals surface area contributed by atoms with Gasteiger partial charge >= 0.3 is 0 Å². The number of rotatable bonds is 1. The van der Waals surface area contributed by atoms with Gasteiger partial charge in [0.15, 0.2) is 0 Å². The highest BCUT2D eigenvalue weighted by atomic mass is 16.2. The van der Waals surface area contributed by atoms with E-state index in [1.807, 2.05) is 45.0 Å². The molecule has 1 heterocycles. The predicted octanol–water partition coefficient (Wildman–Crippen LogP) is 3.37. The van der Waals surface area contributed by atoms with Crippen LogP contribution >= 0.6 is 0 Å². The normalized spacial score (nSPS) is 20.4. The van der Waals surface area contributed by atoms with Crippen LogP contribution in [0.5, 0.6) is 0 Å². The molecule has 0 saturated carbocycles. The van der Waals surface area contributed by atoms with Gasteiger partial charge in [-0.3, -0.25) is 4.79 Å². The highest BCUT2D eigenvalue weighted by Gasteiger charge is 2.34. The Morgan fingerprint density at radius 3 is 2.42 bits per heavy atom. The third-order valence-corrected chi connectivity index (χ3v) is 3.73. The van der Waals surface area contributed by atoms with Crippen molar-refractivity contribution in [3.63, 3.8) is 0 Å². The van der Waals surface area contributed by atoms with Crippen LogP contribution in [0.4, 0.5) is 5.69 Å². The van der Waals surface area contributed by atoms with Gasteiger partial charge in [0.25, 0.3) is 0 Å². The molecule has 3 nitrogen and oxygen atoms in total. The number of nitrogen functional groups attached to an aromatic ring is 1. The smallest absolute Gasteiger partial charge is 0.228 e. The van der Waals surface area contributed by atoms with Crippen LogP contribution in [0, 0.1) is 5.41 Å². The van der Waals surface area contributed by atoms with Gasteiger partial charge in [-0.2, -0.15) is 0 Å². The van der Waals surface area contributed by atoms with Crippen LogP contribution in [0.2, 0.25) is 0 Å². The molecule has 1 aromatic carbocycles. The minimum absolute atomic E-state index is 0.209. The van der Waals surface area contributed by atoms with E-state index in [-0.39, 0.29) is 17.4 Å². The van der Waals surface area contributed by atoms with E-state index in [2.05, 4.69) is 4.90 Å². The summed E-state index contributed by atoms with van der Waals surface area (Å²) in [6.45, 7) is 6.84. The van der Waals surface area contributed by atoms with Crippen molar-refractivity contribution >= 4 is 11.6 Å². The molecule has 104 valence electrons. The van der Waals surface area contributed by atoms with Crippen LogP contribution in [0.15, 0.2) is 24.3 Å². The first-order valence-corrected chi connectivity index (χ1v) is 7.06. The molecule has 0 aliphatic carbocycles. The standard InChI is InChI=1S/C16H24N2O/c1-16(2,3)15(19)18-11-5-4-6-14(18)12-7-9-13(17)10-8-12/h7-10,14H,4-6,11,17H2,1-3H3. The fourth-order valence-corrected chi connectivity index (χ4v) is 2.67. The number of carbonyl (C=O) groups excluding carboxylic acids is 1. The van der Waals surface area contributed by atoms with Gasteiger partial charge in [-0.05, 0) is 37.0 Å². The van der Waals surface area contributed by atoms with Gasteiger partial charge in [-0.15, -0.1) is 0 Å². The van der Waals surface area contributed by atoms with E-state index in [1.54, 1.807) is 0 Å². The first-order valence-electron chi connectivity index (χ1n) is 7.06. The first kappa shape index (κ1) is 13.9. The fraction of sp³-hybridized carbons (Fsp3) is 0.562. The van der Waals surface area contributed by atoms with Crippen LogP contribution in [0.25, 0.3) is 0 Å². The second kappa shape index (κ2) is 5.24. The molecule has 0 spiro atoms. The van der Waals surface area contributed by atoms with Crippen molar-refractivity contribution in [3.8, 4) is 0 Å². The van der Waals surface area contributed by atoms with Crippen molar-refractivity contribution in [2.45, 2.75) is 46.1 Å². The molecule has 0 radical (unpaired) electrons. The van der Waals surface area contributed by atoms with Gasteiger partial charge in [-0.25, -0.2) is 0 Å². The monoisotopic (exact) mass is 260 g/mol. The van der Waals surface area contributed by atoms with Crippen molar-refractivity contribution < 1.29 is 4.79 Å². The number of benzene rings is 1. The molecule has 2 rings (SSSR count). The number of carbonyl (C=O) groups is 1. The lowest BCUT2D eigenvalue weighted by Crippen LogP contribution is -2.44. The average molecular weight is 260 g/mol. The minimum atomic E-state index is -0.316. The lowest BCUT2D eigenvalue weighted by Gasteiger charge is -2.39. The third-order valence-electron chi connectivity index (χ3n) is 3.73. The SMILES string of the molecule is CC(C)(C)C(=O)N1CCCCC1c1ccc(N)cc1. The Kier molecular flexibility index (Phi) is 3.83. The van der Waals surface area contributed by atoms with Crippen molar-refractivity contribution in [1.82, 2.24) is 4.90 Å². The number of nitrogens with zero attached hydrogens (tertiary/aromatic N) is 1. The summed E-state index contributed by atoms with van der Waals surface area (Å²) < 4.78 is 0. The quantitative estimate of drug-likeness (QED) is 0.787. The van der Waals surface area contributed by atoms with E-state index in [4.69, 9.17) is 5.73 Å². The number of anilines is 1. The van der Waals surface area contributed by atoms with Gasteiger partial charge in [-0.1, -0.05) is 32.9 Å². The molecule has 1 fully saturated rings. The molecule has 1 atom stereocenters. The zero-order valence-corrected chi connectivity index (χ0v) is 12.1. The van der Waals surface area contributed by atoms with Gasteiger partial charge in [0.1, 0.15) is 0 Å². The summed E-state index contributed by atoms with van der Waals surface area (Å²) in [5, 5.41) is 0. The maximum atomic E-state index is 12.6. The largest absolute Gasteiger partial charge is 0.399 e. The Labute approximate surface area is 115 Å². The van der Waals surface area contributed by atoms with E-state index < -0.39 is 0 Å². The van der Waals surface area contributed by atoms with Crippen molar-refractivity contribution in [2.75, 3.05) is 12.3 Å². The van der Waals surface area contributed by atoms with Crippen molar-refractivity contribution in [1.29, 1.82) is 0 Å². The summed E-state index contributed by atoms with van der Waals surface area (Å²) in [6.07, 6.45) is 3.34. The molecular weight excluding hydrogens is 236 g/mol. The van der Waals surface area contributed by atoms with E-state index in [0.29, 0.717) is 0 Å². The highest BCUT2D eigenvalue weighted by molar-refractivity contribution is 5.82. The van der Waals surface area contributed by atoms with Gasteiger partial charge in [0.2, 0.25) is 5.91 Å². The molecule has 0 bridgehead atoms. The van der Waals surface area contributed by atoms with Crippen molar-refractivity contribution in [3.05, 3.63) is 29.8 Å². The topological polar surface area (TPSA) is 46.3 Å². The number of likely N-dealkylation sites (tertiary alicyclic amines) is 1. The lowest BCUT2D eigenvalue weighted by molar-refractivity contribution is -0.143. The highest BCUT2D eigenvalue weighted by Crippen LogP contribution is 2.34. The molecule has 1 amide bonds. The zero-order valence-electron chi connectivity index (χ0n) is 12.1. The average Bonchev–Trinajstić information content (AvgIpc) is 2.38. The molecule has 3 heteroatoms. The van der Waals surface area contributed by atoms with Crippen LogP contribution in [-0.2, 0) is 4.79 Å². The summed E-state index contributed by atoms with van der Waals surface area (Å²) in [6, 6.07) is 8.15. The van der Waals surface area contributed by atoms with Gasteiger partial charge < -0.3 is 10.6 Å². The van der Waals surface area contributed by atoms with Crippen LogP contribution in [0.1, 0.15) is 51.6 Å². The predicted molar refractivity (Wildman–Crippen MR) is 78.6 cm³/mol. The minimum Gasteiger partial charge on any atom is -0.399 e. The second-order valence-corrected chi connectivity index (χ2v) is 6.43. The van der Waals surface area contributed by atoms with Crippen LogP contribution < -0.4 is 5.73 Å². The Morgan fingerprint density at radius 2 is 1.84 bits per heavy atom. The summed E-state index contributed by atoms with van der Waals surface area (Å²) in [5.74, 6) is 0.244. The van der Waals surface area contributed by atoms with E-state index in [1.165, 1.54) is 12.0 Å². The number of amides is 1. The fourth-order valence-electron chi connectivity index (χ4n) is 2.67. The van der Waals surface area contributed by atoms with E-state index >= 15 is 0 Å². The maximum absolute atomic E-state index is 12.6. The van der Waals surface area contributed by atoms with Gasteiger partial charge in [0, 0.05) is 17.6 Å². The molecule has 1 unspecified atom stereocenters. The lowest BCUT2D eigenvalue weighted by atomic mass is 9.89. The molecule has 0 aromatic heterocycles.